The van der Waals surface area contributed by atoms with E-state index in [4.69, 9.17) is 14.2 Å². The zero-order valence-electron chi connectivity index (χ0n) is 39.7. The maximum absolute atomic E-state index is 12.7. The summed E-state index contributed by atoms with van der Waals surface area (Å²) in [6, 6.07) is 0. The maximum Gasteiger partial charge on any atom is 0.310 e. The highest BCUT2D eigenvalue weighted by Gasteiger charge is 2.19. The van der Waals surface area contributed by atoms with Crippen molar-refractivity contribution in [1.29, 1.82) is 0 Å². The predicted molar refractivity (Wildman–Crippen MR) is 261 cm³/mol. The first-order valence-electron chi connectivity index (χ1n) is 25.1. The molecule has 0 fully saturated rings. The van der Waals surface area contributed by atoms with Gasteiger partial charge in [0.15, 0.2) is 6.10 Å². The van der Waals surface area contributed by atoms with Crippen LogP contribution in [0.4, 0.5) is 0 Å². The molecule has 0 radical (unpaired) electrons. The maximum atomic E-state index is 12.7. The fraction of sp³-hybridized carbons (Fsp3) is 0.691. The van der Waals surface area contributed by atoms with Crippen LogP contribution in [0.25, 0.3) is 0 Å². The Morgan fingerprint density at radius 2 is 0.689 bits per heavy atom. The van der Waals surface area contributed by atoms with Gasteiger partial charge in [-0.1, -0.05) is 215 Å². The number of unbranched alkanes of at least 4 members (excludes halogenated alkanes) is 20. The summed E-state index contributed by atoms with van der Waals surface area (Å²) in [5.74, 6) is -1.07. The van der Waals surface area contributed by atoms with Gasteiger partial charge in [-0.3, -0.25) is 14.4 Å². The minimum Gasteiger partial charge on any atom is -0.462 e. The SMILES string of the molecule is CC/C=C\C/C=C\C/C=C\C/C=C\C/C=C\CC(=O)OC(COC(=O)CCCCCCC/C=C\C/C=C\CCCCCC)COC(=O)CCCCCCCCCCCCCC. The van der Waals surface area contributed by atoms with Crippen molar-refractivity contribution in [3.63, 3.8) is 0 Å². The topological polar surface area (TPSA) is 78.9 Å². The van der Waals surface area contributed by atoms with Gasteiger partial charge in [0.2, 0.25) is 0 Å². The number of allylic oxidation sites excluding steroid dienone is 13. The fourth-order valence-electron chi connectivity index (χ4n) is 6.66. The van der Waals surface area contributed by atoms with Crippen LogP contribution < -0.4 is 0 Å². The number of carbonyl (C=O) groups is 3. The van der Waals surface area contributed by atoms with E-state index in [2.05, 4.69) is 93.7 Å². The minimum atomic E-state index is -0.834. The monoisotopic (exact) mass is 849 g/mol. The highest BCUT2D eigenvalue weighted by molar-refractivity contribution is 5.72. The van der Waals surface area contributed by atoms with Crippen molar-refractivity contribution >= 4 is 17.9 Å². The first-order valence-corrected chi connectivity index (χ1v) is 25.1. The van der Waals surface area contributed by atoms with Crippen LogP contribution in [0.1, 0.15) is 226 Å². The first-order chi connectivity index (χ1) is 30.0. The highest BCUT2D eigenvalue weighted by Crippen LogP contribution is 2.14. The van der Waals surface area contributed by atoms with Gasteiger partial charge in [-0.15, -0.1) is 0 Å². The van der Waals surface area contributed by atoms with Crippen LogP contribution in [0.2, 0.25) is 0 Å². The van der Waals surface area contributed by atoms with E-state index >= 15 is 0 Å². The number of esters is 3. The van der Waals surface area contributed by atoms with Crippen molar-refractivity contribution in [2.24, 2.45) is 0 Å². The van der Waals surface area contributed by atoms with Crippen LogP contribution in [0.15, 0.2) is 85.1 Å². The Kier molecular flexibility index (Phi) is 46.5. The number of carbonyl (C=O) groups excluding carboxylic acids is 3. The van der Waals surface area contributed by atoms with Gasteiger partial charge in [-0.2, -0.15) is 0 Å². The van der Waals surface area contributed by atoms with Gasteiger partial charge in [-0.25, -0.2) is 0 Å². The molecule has 0 heterocycles. The lowest BCUT2D eigenvalue weighted by atomic mass is 10.0. The number of ether oxygens (including phenoxy) is 3. The molecule has 1 unspecified atom stereocenters. The summed E-state index contributed by atoms with van der Waals surface area (Å²) >= 11 is 0. The smallest absolute Gasteiger partial charge is 0.310 e. The normalized spacial score (nSPS) is 12.8. The molecule has 0 aromatic heterocycles. The summed E-state index contributed by atoms with van der Waals surface area (Å²) < 4.78 is 16.6. The third-order valence-corrected chi connectivity index (χ3v) is 10.4. The molecule has 0 rings (SSSR count). The minimum absolute atomic E-state index is 0.0941. The largest absolute Gasteiger partial charge is 0.462 e. The van der Waals surface area contributed by atoms with Crippen LogP contribution in [0, 0.1) is 0 Å². The number of hydrogen-bond acceptors (Lipinski definition) is 6. The molecule has 0 aromatic carbocycles. The van der Waals surface area contributed by atoms with Gasteiger partial charge in [0.05, 0.1) is 6.42 Å². The van der Waals surface area contributed by atoms with Crippen molar-refractivity contribution in [2.45, 2.75) is 232 Å². The summed E-state index contributed by atoms with van der Waals surface area (Å²) in [7, 11) is 0. The molecule has 0 bridgehead atoms. The lowest BCUT2D eigenvalue weighted by Gasteiger charge is -2.18. The van der Waals surface area contributed by atoms with Crippen molar-refractivity contribution in [1.82, 2.24) is 0 Å². The molecule has 0 spiro atoms. The van der Waals surface area contributed by atoms with E-state index in [9.17, 15) is 14.4 Å². The molecule has 0 aliphatic carbocycles. The van der Waals surface area contributed by atoms with Gasteiger partial charge in [0, 0.05) is 12.8 Å². The Morgan fingerprint density at radius 1 is 0.361 bits per heavy atom. The second-order valence-corrected chi connectivity index (χ2v) is 16.4. The van der Waals surface area contributed by atoms with Gasteiger partial charge < -0.3 is 14.2 Å². The Labute approximate surface area is 375 Å². The van der Waals surface area contributed by atoms with Crippen molar-refractivity contribution in [3.05, 3.63) is 85.1 Å². The second kappa shape index (κ2) is 49.2. The Balaban J connectivity index is 4.53. The highest BCUT2D eigenvalue weighted by atomic mass is 16.6. The summed E-state index contributed by atoms with van der Waals surface area (Å²) in [5.41, 5.74) is 0. The van der Waals surface area contributed by atoms with Crippen LogP contribution >= 0.6 is 0 Å². The lowest BCUT2D eigenvalue weighted by molar-refractivity contribution is -0.166. The number of rotatable bonds is 44. The molecule has 0 aromatic rings. The Morgan fingerprint density at radius 3 is 1.10 bits per heavy atom. The number of hydrogen-bond donors (Lipinski definition) is 0. The molecule has 0 N–H and O–H groups in total. The first kappa shape index (κ1) is 57.6. The molecule has 1 atom stereocenters. The molecule has 0 aliphatic heterocycles. The van der Waals surface area contributed by atoms with Gasteiger partial charge >= 0.3 is 17.9 Å². The van der Waals surface area contributed by atoms with E-state index in [-0.39, 0.29) is 31.6 Å². The predicted octanol–water partition coefficient (Wildman–Crippen LogP) is 16.4. The van der Waals surface area contributed by atoms with Crippen LogP contribution in [-0.4, -0.2) is 37.2 Å². The average molecular weight is 849 g/mol. The summed E-state index contributed by atoms with van der Waals surface area (Å²) in [4.78, 5) is 37.8. The van der Waals surface area contributed by atoms with Crippen LogP contribution in [-0.2, 0) is 28.6 Å². The molecule has 0 saturated heterocycles. The average Bonchev–Trinajstić information content (AvgIpc) is 3.26. The molecule has 0 saturated carbocycles. The molecule has 348 valence electrons. The molecular formula is C55H92O6. The third-order valence-electron chi connectivity index (χ3n) is 10.4. The third kappa shape index (κ3) is 47.5. The van der Waals surface area contributed by atoms with Crippen LogP contribution in [0.5, 0.6) is 0 Å². The summed E-state index contributed by atoms with van der Waals surface area (Å²) in [5, 5.41) is 0. The van der Waals surface area contributed by atoms with Crippen molar-refractivity contribution in [2.75, 3.05) is 13.2 Å². The van der Waals surface area contributed by atoms with E-state index in [1.54, 1.807) is 6.08 Å². The van der Waals surface area contributed by atoms with E-state index < -0.39 is 12.1 Å². The van der Waals surface area contributed by atoms with E-state index in [0.717, 1.165) is 96.3 Å². The van der Waals surface area contributed by atoms with Gasteiger partial charge in [-0.05, 0) is 77.0 Å². The summed E-state index contributed by atoms with van der Waals surface area (Å²) in [6.07, 6.45) is 63.0. The summed E-state index contributed by atoms with van der Waals surface area (Å²) in [6.45, 7) is 6.40. The Bertz CT molecular complexity index is 1200. The second-order valence-electron chi connectivity index (χ2n) is 16.4. The zero-order chi connectivity index (χ0) is 44.4. The Hall–Kier alpha value is -3.41. The molecule has 0 amide bonds. The standard InChI is InChI=1S/C55H92O6/c1-4-7-10-13-16-19-22-25-27-29-30-33-36-39-42-45-48-54(57)60-51-52(50-59-53(56)47-44-41-38-35-32-24-21-18-15-12-9-6-3)61-55(58)49-46-43-40-37-34-31-28-26-23-20-17-14-11-8-5-2/h8,11,17,19-20,22,26-29,34,37,43,46,52H,4-7,9-10,12-16,18,21,23-25,30-33,35-36,38-42,44-45,47-51H2,1-3H3/b11-8-,20-17-,22-19-,28-26-,29-27-,37-34-,46-43-. The van der Waals surface area contributed by atoms with Crippen molar-refractivity contribution < 1.29 is 28.6 Å². The molecule has 6 heteroatoms. The molecule has 6 nitrogen and oxygen atoms in total. The van der Waals surface area contributed by atoms with Gasteiger partial charge in [0.1, 0.15) is 13.2 Å². The zero-order valence-corrected chi connectivity index (χ0v) is 39.7. The molecular weight excluding hydrogens is 757 g/mol. The molecule has 0 aliphatic rings. The van der Waals surface area contributed by atoms with E-state index in [1.165, 1.54) is 89.9 Å². The molecule has 61 heavy (non-hydrogen) atoms. The lowest BCUT2D eigenvalue weighted by Crippen LogP contribution is -2.30. The van der Waals surface area contributed by atoms with Crippen LogP contribution in [0.3, 0.4) is 0 Å². The van der Waals surface area contributed by atoms with E-state index in [1.807, 2.05) is 6.08 Å². The van der Waals surface area contributed by atoms with E-state index in [0.29, 0.717) is 12.8 Å². The fourth-order valence-corrected chi connectivity index (χ4v) is 6.66. The quantitative estimate of drug-likeness (QED) is 0.0263. The van der Waals surface area contributed by atoms with Gasteiger partial charge in [0.25, 0.3) is 0 Å². The van der Waals surface area contributed by atoms with Crippen molar-refractivity contribution in [3.8, 4) is 0 Å².